The number of carboxylic acid groups (broad SMARTS) is 2. The first-order chi connectivity index (χ1) is 56.5. The molecule has 0 aliphatic heterocycles. The Kier molecular flexibility index (Phi) is 51.1. The van der Waals surface area contributed by atoms with Gasteiger partial charge in [0.15, 0.2) is 0 Å². The van der Waals surface area contributed by atoms with Crippen molar-refractivity contribution in [2.75, 3.05) is 52.4 Å². The SMILES string of the molecule is CC(C)C[C@H](NC(=O)[C@H](CO)NC(=O)[C@H](CCCN)NC(=O)[C@H](CCCN)NC(=O)[C@H](CC(C)C)NC(=O)[C@H](CCC(=O)O)NC(=O)[C@H](CCCN)NC(=O)[C@H](Cc1ccccc1)NC(=O)[C@H](CC(C)C)NC(=O)[C@H](CCCN)NC(=O)[C@@H](N)CCCN)C(=O)N[C@@H](CCCN)C(=O)N[C@@H](CCCN)C(=O)N[C@@H](Cc1ccc(O)cc1)C(=O)O. The number of phenolic OH excluding ortho intramolecular Hbond substituents is 1. The van der Waals surface area contributed by atoms with Crippen molar-refractivity contribution in [3.63, 3.8) is 0 Å². The van der Waals surface area contributed by atoms with Gasteiger partial charge >= 0.3 is 11.9 Å². The summed E-state index contributed by atoms with van der Waals surface area (Å²) in [6.45, 7) is 9.98. The highest BCUT2D eigenvalue weighted by Crippen LogP contribution is 2.17. The third-order valence-electron chi connectivity index (χ3n) is 19.1. The lowest BCUT2D eigenvalue weighted by atomic mass is 9.99. The van der Waals surface area contributed by atoms with E-state index in [2.05, 4.69) is 69.1 Å². The van der Waals surface area contributed by atoms with Gasteiger partial charge in [0, 0.05) is 19.3 Å². The summed E-state index contributed by atoms with van der Waals surface area (Å²) in [6, 6.07) is -5.84. The molecule has 0 bridgehead atoms. The summed E-state index contributed by atoms with van der Waals surface area (Å²) in [5, 5.41) is 74.0. The molecule has 0 fully saturated rings. The van der Waals surface area contributed by atoms with E-state index in [9.17, 15) is 92.3 Å². The second-order valence-corrected chi connectivity index (χ2v) is 30.8. The minimum absolute atomic E-state index is 0.00353. The van der Waals surface area contributed by atoms with Crippen LogP contribution in [0.15, 0.2) is 54.6 Å². The number of amides is 13. The fourth-order valence-corrected chi connectivity index (χ4v) is 12.5. The number of hydrogen-bond acceptors (Lipinski definition) is 25. The lowest BCUT2D eigenvalue weighted by Crippen LogP contribution is -2.61. The molecule has 0 unspecified atom stereocenters. The quantitative estimate of drug-likeness (QED) is 0.0295. The van der Waals surface area contributed by atoms with Crippen LogP contribution in [0.4, 0.5) is 0 Å². The largest absolute Gasteiger partial charge is 0.508 e. The molecule has 40 heteroatoms. The van der Waals surface area contributed by atoms with E-state index in [0.29, 0.717) is 24.0 Å². The Labute approximate surface area is 695 Å². The summed E-state index contributed by atoms with van der Waals surface area (Å²) in [5.74, 6) is -15.5. The number of nitrogens with one attached hydrogen (secondary N) is 13. The third-order valence-corrected chi connectivity index (χ3v) is 19.1. The molecule has 0 saturated heterocycles. The number of carbonyl (C=O) groups excluding carboxylic acids is 13. The van der Waals surface area contributed by atoms with Crippen molar-refractivity contribution in [2.24, 2.45) is 63.6 Å². The zero-order chi connectivity index (χ0) is 89.3. The molecule has 33 N–H and O–H groups in total. The van der Waals surface area contributed by atoms with Gasteiger partial charge in [-0.15, -0.1) is 0 Å². The number of nitrogens with two attached hydrogens (primary N) is 8. The average molecular weight is 1680 g/mol. The number of phenols is 1. The molecule has 2 aromatic carbocycles. The standard InChI is InChI=1S/C79H135N21O19/c1-45(2)39-59(96-73(112)58(30-31-65(103)104)94-69(108)55(23-14-36-84)93-77(116)62(42-48-17-8-7-9-18-48)98-76(115)61(41-47(5)6)95-70(109)52(20-11-33-81)88-66(105)51(87)19-10-32-80)74(113)91-54(22-13-35-83)68(107)90-57(25-16-38-86)72(111)100-64(44-101)78(117)97-60(40-46(3)4)75(114)92-53(21-12-34-82)67(106)89-56(24-15-37-85)71(110)99-63(79(118)119)43-49-26-28-50(102)29-27-49/h7-9,17-18,26-29,45-47,51-64,101-102H,10-16,19-25,30-44,80-87H2,1-6H3,(H,88,105)(H,89,106)(H,90,107)(H,91,113)(H,92,114)(H,93,116)(H,94,108)(H,95,109)(H,96,112)(H,97,117)(H,98,115)(H,99,110)(H,100,111)(H,103,104)(H,118,119)/t51-,52-,53-,54-,55-,56-,57-,58-,59-,60-,61-,62-,63-,64-/m0/s1. The monoisotopic (exact) mass is 1680 g/mol. The van der Waals surface area contributed by atoms with Crippen molar-refractivity contribution in [3.05, 3.63) is 65.7 Å². The van der Waals surface area contributed by atoms with Gasteiger partial charge in [-0.1, -0.05) is 84.0 Å². The third kappa shape index (κ3) is 41.5. The van der Waals surface area contributed by atoms with E-state index < -0.39 is 193 Å². The fourth-order valence-electron chi connectivity index (χ4n) is 12.5. The summed E-state index contributed by atoms with van der Waals surface area (Å²) >= 11 is 0. The van der Waals surface area contributed by atoms with Gasteiger partial charge in [0.2, 0.25) is 76.8 Å². The van der Waals surface area contributed by atoms with Crippen LogP contribution in [0.1, 0.15) is 175 Å². The van der Waals surface area contributed by atoms with Gasteiger partial charge in [-0.25, -0.2) is 4.79 Å². The minimum atomic E-state index is -1.79. The van der Waals surface area contributed by atoms with Crippen molar-refractivity contribution in [3.8, 4) is 5.75 Å². The second-order valence-electron chi connectivity index (χ2n) is 30.8. The summed E-state index contributed by atoms with van der Waals surface area (Å²) < 4.78 is 0. The molecular formula is C79H135N21O19. The maximum absolute atomic E-state index is 14.7. The highest BCUT2D eigenvalue weighted by molar-refractivity contribution is 6.00. The molecule has 119 heavy (non-hydrogen) atoms. The number of hydrogen-bond donors (Lipinski definition) is 25. The first-order valence-electron chi connectivity index (χ1n) is 41.0. The molecule has 0 radical (unpaired) electrons. The zero-order valence-electron chi connectivity index (χ0n) is 69.5. The van der Waals surface area contributed by atoms with E-state index in [0.717, 1.165) is 0 Å². The number of aliphatic hydroxyl groups is 1. The first-order valence-corrected chi connectivity index (χ1v) is 41.0. The van der Waals surface area contributed by atoms with Gasteiger partial charge in [0.05, 0.1) is 12.6 Å². The maximum Gasteiger partial charge on any atom is 0.326 e. The Bertz CT molecular complexity index is 3510. The molecule has 0 aliphatic carbocycles. The topological polar surface area (TPSA) is 702 Å². The summed E-state index contributed by atoms with van der Waals surface area (Å²) in [4.78, 5) is 210. The van der Waals surface area contributed by atoms with Gasteiger partial charge < -0.3 is 135 Å². The number of aliphatic carboxylic acids is 2. The number of benzene rings is 2. The second kappa shape index (κ2) is 57.9. The van der Waals surface area contributed by atoms with Crippen LogP contribution in [0.2, 0.25) is 0 Å². The van der Waals surface area contributed by atoms with Crippen molar-refractivity contribution < 1.29 is 92.3 Å². The number of rotatable bonds is 62. The minimum Gasteiger partial charge on any atom is -0.508 e. The fraction of sp³-hybridized carbons (Fsp3) is 0.658. The Balaban J connectivity index is 2.49. The van der Waals surface area contributed by atoms with Gasteiger partial charge in [0.1, 0.15) is 84.3 Å². The normalized spacial score (nSPS) is 14.8. The van der Waals surface area contributed by atoms with Crippen molar-refractivity contribution in [1.29, 1.82) is 0 Å². The van der Waals surface area contributed by atoms with Crippen LogP contribution in [0.25, 0.3) is 0 Å². The van der Waals surface area contributed by atoms with Crippen LogP contribution in [0.3, 0.4) is 0 Å². The smallest absolute Gasteiger partial charge is 0.326 e. The van der Waals surface area contributed by atoms with Gasteiger partial charge in [0.25, 0.3) is 0 Å². The average Bonchev–Trinajstić information content (AvgIpc) is 0.855. The Morgan fingerprint density at radius 1 is 0.294 bits per heavy atom. The lowest BCUT2D eigenvalue weighted by Gasteiger charge is -2.29. The number of aliphatic hydroxyl groups excluding tert-OH is 1. The van der Waals surface area contributed by atoms with Crippen LogP contribution in [0.5, 0.6) is 5.75 Å². The van der Waals surface area contributed by atoms with Crippen LogP contribution < -0.4 is 115 Å². The lowest BCUT2D eigenvalue weighted by molar-refractivity contribution is -0.142. The van der Waals surface area contributed by atoms with Crippen molar-refractivity contribution in [2.45, 2.75) is 261 Å². The Morgan fingerprint density at radius 3 is 0.824 bits per heavy atom. The summed E-state index contributed by atoms with van der Waals surface area (Å²) in [5.41, 5.74) is 47.8. The molecule has 0 aromatic heterocycles. The molecule has 0 aliphatic rings. The van der Waals surface area contributed by atoms with Gasteiger partial charge in [-0.05, 0) is 202 Å². The summed E-state index contributed by atoms with van der Waals surface area (Å²) in [6.07, 6.45) is -0.507. The van der Waals surface area contributed by atoms with Crippen molar-refractivity contribution in [1.82, 2.24) is 69.1 Å². The Hall–Kier alpha value is -10.1. The summed E-state index contributed by atoms with van der Waals surface area (Å²) in [7, 11) is 0. The highest BCUT2D eigenvalue weighted by Gasteiger charge is 2.39. The number of carbonyl (C=O) groups is 15. The molecule has 13 amide bonds. The van der Waals surface area contributed by atoms with Crippen LogP contribution in [0, 0.1) is 17.8 Å². The van der Waals surface area contributed by atoms with Gasteiger partial charge in [-0.3, -0.25) is 67.1 Å². The zero-order valence-corrected chi connectivity index (χ0v) is 69.5. The molecule has 2 aromatic rings. The molecule has 670 valence electrons. The van der Waals surface area contributed by atoms with E-state index in [1.165, 1.54) is 24.3 Å². The molecule has 0 spiro atoms. The van der Waals surface area contributed by atoms with Crippen LogP contribution in [-0.2, 0) is 84.8 Å². The molecular weight excluding hydrogens is 1550 g/mol. The van der Waals surface area contributed by atoms with Gasteiger partial charge in [-0.2, -0.15) is 0 Å². The van der Waals surface area contributed by atoms with Crippen LogP contribution in [-0.4, -0.2) is 246 Å². The van der Waals surface area contributed by atoms with Crippen molar-refractivity contribution >= 4 is 88.7 Å². The van der Waals surface area contributed by atoms with E-state index in [4.69, 9.17) is 45.9 Å². The van der Waals surface area contributed by atoms with E-state index >= 15 is 0 Å². The van der Waals surface area contributed by atoms with Crippen LogP contribution >= 0.6 is 0 Å². The van der Waals surface area contributed by atoms with E-state index in [1.54, 1.807) is 71.9 Å². The molecule has 2 rings (SSSR count). The van der Waals surface area contributed by atoms with E-state index in [-0.39, 0.29) is 178 Å². The molecule has 40 nitrogen and oxygen atoms in total. The van der Waals surface area contributed by atoms with E-state index in [1.807, 2.05) is 0 Å². The maximum atomic E-state index is 14.7. The predicted molar refractivity (Wildman–Crippen MR) is 443 cm³/mol. The Morgan fingerprint density at radius 2 is 0.529 bits per heavy atom. The highest BCUT2D eigenvalue weighted by atomic mass is 16.4. The number of carboxylic acids is 2. The molecule has 0 saturated carbocycles. The molecule has 14 atom stereocenters. The first kappa shape index (κ1) is 105. The number of aromatic hydroxyl groups is 1. The molecule has 0 heterocycles. The predicted octanol–water partition coefficient (Wildman–Crippen LogP) is -4.94.